The van der Waals surface area contributed by atoms with Gasteiger partial charge in [-0.3, -0.25) is 0 Å². The van der Waals surface area contributed by atoms with E-state index in [1.807, 2.05) is 0 Å². The number of nitrogens with two attached hydrogens (primary N) is 1. The molecule has 2 heteroatoms. The van der Waals surface area contributed by atoms with Crippen molar-refractivity contribution in [2.75, 3.05) is 20.1 Å². The highest BCUT2D eigenvalue weighted by Gasteiger charge is 2.12. The van der Waals surface area contributed by atoms with Gasteiger partial charge in [-0.15, -0.1) is 0 Å². The van der Waals surface area contributed by atoms with Crippen LogP contribution in [0.2, 0.25) is 0 Å². The molecule has 3 N–H and O–H groups in total. The van der Waals surface area contributed by atoms with Crippen LogP contribution in [0.25, 0.3) is 0 Å². The largest absolute Gasteiger partial charge is 0.337 e. The first-order valence-electron chi connectivity index (χ1n) is 5.06. The smallest absolute Gasteiger partial charge is 0.0786 e. The summed E-state index contributed by atoms with van der Waals surface area (Å²) in [7, 11) is 2.25. The van der Waals surface area contributed by atoms with E-state index in [4.69, 9.17) is 5.73 Å². The van der Waals surface area contributed by atoms with Gasteiger partial charge in [0.05, 0.1) is 20.1 Å². The molecular formula is C10H25N2+. The van der Waals surface area contributed by atoms with Crippen LogP contribution in [0.4, 0.5) is 0 Å². The molecule has 1 unspecified atom stereocenters. The van der Waals surface area contributed by atoms with Crippen molar-refractivity contribution in [2.24, 2.45) is 5.73 Å². The number of rotatable bonds is 6. The molecule has 0 saturated carbocycles. The Kier molecular flexibility index (Phi) is 5.51. The van der Waals surface area contributed by atoms with E-state index in [2.05, 4.69) is 27.8 Å². The lowest BCUT2D eigenvalue weighted by atomic mass is 10.0. The maximum Gasteiger partial charge on any atom is 0.0786 e. The number of nitrogens with one attached hydrogen (secondary N) is 1. The zero-order valence-electron chi connectivity index (χ0n) is 9.11. The average molecular weight is 173 g/mol. The Balaban J connectivity index is 3.37. The fraction of sp³-hybridized carbons (Fsp3) is 1.00. The van der Waals surface area contributed by atoms with Crippen LogP contribution in [-0.4, -0.2) is 25.7 Å². The highest BCUT2D eigenvalue weighted by molar-refractivity contribution is 4.69. The van der Waals surface area contributed by atoms with Gasteiger partial charge in [-0.05, 0) is 20.3 Å². The third-order valence-corrected chi connectivity index (χ3v) is 2.15. The van der Waals surface area contributed by atoms with Crippen LogP contribution >= 0.6 is 0 Å². The topological polar surface area (TPSA) is 30.5 Å². The number of quaternary nitrogens is 1. The molecule has 0 heterocycles. The Morgan fingerprint density at radius 1 is 1.25 bits per heavy atom. The third kappa shape index (κ3) is 8.02. The van der Waals surface area contributed by atoms with Gasteiger partial charge in [-0.2, -0.15) is 0 Å². The van der Waals surface area contributed by atoms with Gasteiger partial charge in [-0.1, -0.05) is 13.3 Å². The predicted octanol–water partition coefficient (Wildman–Crippen LogP) is 0.429. The summed E-state index contributed by atoms with van der Waals surface area (Å²) in [5, 5.41) is 0. The van der Waals surface area contributed by atoms with Gasteiger partial charge in [0.25, 0.3) is 0 Å². The van der Waals surface area contributed by atoms with Crippen LogP contribution in [0.1, 0.15) is 40.0 Å². The van der Waals surface area contributed by atoms with E-state index in [0.29, 0.717) is 0 Å². The average Bonchev–Trinajstić information content (AvgIpc) is 1.95. The van der Waals surface area contributed by atoms with Crippen LogP contribution in [0, 0.1) is 0 Å². The molecule has 0 aliphatic carbocycles. The Morgan fingerprint density at radius 3 is 2.25 bits per heavy atom. The highest BCUT2D eigenvalue weighted by atomic mass is 15.1. The molecule has 0 aromatic rings. The molecule has 0 radical (unpaired) electrons. The van der Waals surface area contributed by atoms with E-state index in [-0.39, 0.29) is 5.54 Å². The van der Waals surface area contributed by atoms with E-state index >= 15 is 0 Å². The van der Waals surface area contributed by atoms with Crippen molar-refractivity contribution in [1.82, 2.24) is 0 Å². The minimum absolute atomic E-state index is 0.00742. The van der Waals surface area contributed by atoms with Crippen LogP contribution in [0.15, 0.2) is 0 Å². The molecule has 0 rings (SSSR count). The molecular weight excluding hydrogens is 148 g/mol. The van der Waals surface area contributed by atoms with Crippen molar-refractivity contribution in [3.63, 3.8) is 0 Å². The summed E-state index contributed by atoms with van der Waals surface area (Å²) in [6.45, 7) is 8.91. The van der Waals surface area contributed by atoms with Gasteiger partial charge in [-0.25, -0.2) is 0 Å². The Hall–Kier alpha value is -0.0800. The van der Waals surface area contributed by atoms with Crippen molar-refractivity contribution in [2.45, 2.75) is 45.6 Å². The molecule has 0 bridgehead atoms. The van der Waals surface area contributed by atoms with Crippen molar-refractivity contribution >= 4 is 0 Å². The van der Waals surface area contributed by atoms with Gasteiger partial charge in [0.2, 0.25) is 0 Å². The standard InChI is InChI=1S/C10H24N2/c1-5-6-8-12(4)9-7-10(2,3)11/h5-9,11H2,1-4H3/p+1. The SMILES string of the molecule is CCCC[NH+](C)CCC(C)(C)N. The third-order valence-electron chi connectivity index (χ3n) is 2.15. The molecule has 0 fully saturated rings. The normalized spacial score (nSPS) is 14.8. The van der Waals surface area contributed by atoms with E-state index in [0.717, 1.165) is 6.42 Å². The zero-order chi connectivity index (χ0) is 9.61. The number of unbranched alkanes of at least 4 members (excludes halogenated alkanes) is 1. The summed E-state index contributed by atoms with van der Waals surface area (Å²) in [5.41, 5.74) is 5.91. The maximum absolute atomic E-state index is 5.90. The summed E-state index contributed by atoms with van der Waals surface area (Å²) < 4.78 is 0. The van der Waals surface area contributed by atoms with Crippen LogP contribution in [0.5, 0.6) is 0 Å². The van der Waals surface area contributed by atoms with Gasteiger partial charge in [0.15, 0.2) is 0 Å². The summed E-state index contributed by atoms with van der Waals surface area (Å²) in [4.78, 5) is 1.61. The minimum Gasteiger partial charge on any atom is -0.337 e. The van der Waals surface area contributed by atoms with E-state index in [9.17, 15) is 0 Å². The Morgan fingerprint density at radius 2 is 1.83 bits per heavy atom. The molecule has 0 saturated heterocycles. The number of hydrogen-bond acceptors (Lipinski definition) is 1. The molecule has 0 aliphatic heterocycles. The quantitative estimate of drug-likeness (QED) is 0.599. The van der Waals surface area contributed by atoms with Crippen LogP contribution in [0.3, 0.4) is 0 Å². The fourth-order valence-electron chi connectivity index (χ4n) is 1.14. The van der Waals surface area contributed by atoms with E-state index in [1.54, 1.807) is 4.90 Å². The Bertz CT molecular complexity index is 105. The molecule has 2 nitrogen and oxygen atoms in total. The van der Waals surface area contributed by atoms with E-state index in [1.165, 1.54) is 25.9 Å². The van der Waals surface area contributed by atoms with Gasteiger partial charge < -0.3 is 10.6 Å². The molecule has 0 aromatic carbocycles. The Labute approximate surface area is 77.1 Å². The number of hydrogen-bond donors (Lipinski definition) is 2. The van der Waals surface area contributed by atoms with Crippen molar-refractivity contribution < 1.29 is 4.90 Å². The first kappa shape index (κ1) is 11.9. The van der Waals surface area contributed by atoms with Crippen LogP contribution in [-0.2, 0) is 0 Å². The monoisotopic (exact) mass is 173 g/mol. The second kappa shape index (κ2) is 5.55. The molecule has 0 aromatic heterocycles. The molecule has 74 valence electrons. The molecule has 0 amide bonds. The highest BCUT2D eigenvalue weighted by Crippen LogP contribution is 1.99. The van der Waals surface area contributed by atoms with Crippen molar-refractivity contribution in [1.29, 1.82) is 0 Å². The second-order valence-corrected chi connectivity index (χ2v) is 4.55. The first-order chi connectivity index (χ1) is 5.45. The lowest BCUT2D eigenvalue weighted by molar-refractivity contribution is -0.880. The van der Waals surface area contributed by atoms with Gasteiger partial charge in [0, 0.05) is 12.0 Å². The lowest BCUT2D eigenvalue weighted by Crippen LogP contribution is -3.09. The zero-order valence-corrected chi connectivity index (χ0v) is 9.11. The summed E-state index contributed by atoms with van der Waals surface area (Å²) in [6, 6.07) is 0. The first-order valence-corrected chi connectivity index (χ1v) is 5.06. The second-order valence-electron chi connectivity index (χ2n) is 4.55. The lowest BCUT2D eigenvalue weighted by Gasteiger charge is -2.21. The van der Waals surface area contributed by atoms with Gasteiger partial charge in [0.1, 0.15) is 0 Å². The molecule has 0 spiro atoms. The summed E-state index contributed by atoms with van der Waals surface area (Å²) in [5.74, 6) is 0. The summed E-state index contributed by atoms with van der Waals surface area (Å²) in [6.07, 6.45) is 3.74. The van der Waals surface area contributed by atoms with Gasteiger partial charge >= 0.3 is 0 Å². The van der Waals surface area contributed by atoms with Crippen molar-refractivity contribution in [3.8, 4) is 0 Å². The summed E-state index contributed by atoms with van der Waals surface area (Å²) >= 11 is 0. The molecule has 0 aliphatic rings. The molecule has 1 atom stereocenters. The van der Waals surface area contributed by atoms with E-state index < -0.39 is 0 Å². The minimum atomic E-state index is 0.00742. The fourth-order valence-corrected chi connectivity index (χ4v) is 1.14. The molecule has 12 heavy (non-hydrogen) atoms. The van der Waals surface area contributed by atoms with Crippen LogP contribution < -0.4 is 10.6 Å². The predicted molar refractivity (Wildman–Crippen MR) is 54.4 cm³/mol. The maximum atomic E-state index is 5.90. The van der Waals surface area contributed by atoms with Crippen molar-refractivity contribution in [3.05, 3.63) is 0 Å².